The number of hydrogen-bond donors (Lipinski definition) is 2. The Morgan fingerprint density at radius 2 is 2.12 bits per heavy atom. The van der Waals surface area contributed by atoms with Crippen molar-refractivity contribution >= 4 is 5.96 Å². The third-order valence-electron chi connectivity index (χ3n) is 4.84. The first-order valence-electron chi connectivity index (χ1n) is 9.12. The molecule has 0 aromatic heterocycles. The van der Waals surface area contributed by atoms with Crippen LogP contribution in [-0.4, -0.2) is 51.5 Å². The number of aliphatic imine (C=N–C) groups is 1. The van der Waals surface area contributed by atoms with Crippen LogP contribution in [-0.2, 0) is 16.1 Å². The second-order valence-corrected chi connectivity index (χ2v) is 6.61. The van der Waals surface area contributed by atoms with Gasteiger partial charge in [0.2, 0.25) is 0 Å². The third-order valence-corrected chi connectivity index (χ3v) is 4.84. The van der Waals surface area contributed by atoms with E-state index < -0.39 is 0 Å². The van der Waals surface area contributed by atoms with E-state index in [9.17, 15) is 0 Å². The summed E-state index contributed by atoms with van der Waals surface area (Å²) >= 11 is 0. The lowest BCUT2D eigenvalue weighted by Gasteiger charge is -2.22. The molecule has 2 N–H and O–H groups in total. The highest BCUT2D eigenvalue weighted by Gasteiger charge is 2.41. The van der Waals surface area contributed by atoms with Crippen molar-refractivity contribution in [2.45, 2.75) is 50.5 Å². The minimum absolute atomic E-state index is 0.358. The fourth-order valence-electron chi connectivity index (χ4n) is 3.45. The Hall–Kier alpha value is -1.79. The zero-order valence-electron chi connectivity index (χ0n) is 15.2. The molecule has 6 nitrogen and oxygen atoms in total. The summed E-state index contributed by atoms with van der Waals surface area (Å²) in [5, 5.41) is 6.84. The number of hydrogen-bond acceptors (Lipinski definition) is 4. The smallest absolute Gasteiger partial charge is 0.191 e. The second kappa shape index (κ2) is 9.06. The van der Waals surface area contributed by atoms with Crippen molar-refractivity contribution in [2.24, 2.45) is 4.99 Å². The molecule has 2 saturated heterocycles. The molecule has 3 rings (SSSR count). The van der Waals surface area contributed by atoms with E-state index in [-0.39, 0.29) is 0 Å². The minimum Gasteiger partial charge on any atom is -0.497 e. The van der Waals surface area contributed by atoms with Crippen LogP contribution in [0.15, 0.2) is 29.3 Å². The Morgan fingerprint density at radius 1 is 1.28 bits per heavy atom. The lowest BCUT2D eigenvalue weighted by Crippen LogP contribution is -2.47. The number of nitrogens with zero attached hydrogens (tertiary/aromatic N) is 1. The third kappa shape index (κ3) is 5.09. The molecule has 2 fully saturated rings. The van der Waals surface area contributed by atoms with Crippen molar-refractivity contribution in [3.8, 4) is 5.75 Å². The molecule has 0 radical (unpaired) electrons. The normalized spacial score (nSPS) is 25.2. The highest BCUT2D eigenvalue weighted by Crippen LogP contribution is 2.34. The highest BCUT2D eigenvalue weighted by molar-refractivity contribution is 5.80. The maximum absolute atomic E-state index is 5.87. The lowest BCUT2D eigenvalue weighted by molar-refractivity contribution is 0.0992. The van der Waals surface area contributed by atoms with E-state index >= 15 is 0 Å². The molecule has 0 aliphatic carbocycles. The molecule has 25 heavy (non-hydrogen) atoms. The molecule has 3 atom stereocenters. The summed E-state index contributed by atoms with van der Waals surface area (Å²) in [5.74, 6) is 1.73. The van der Waals surface area contributed by atoms with Gasteiger partial charge in [-0.1, -0.05) is 12.1 Å². The molecule has 0 spiro atoms. The van der Waals surface area contributed by atoms with Crippen molar-refractivity contribution in [1.29, 1.82) is 0 Å². The van der Waals surface area contributed by atoms with Gasteiger partial charge in [-0.2, -0.15) is 0 Å². The van der Waals surface area contributed by atoms with Gasteiger partial charge in [0.1, 0.15) is 5.75 Å². The van der Waals surface area contributed by atoms with Crippen LogP contribution in [0.2, 0.25) is 0 Å². The van der Waals surface area contributed by atoms with E-state index in [1.54, 1.807) is 7.11 Å². The molecule has 3 unspecified atom stereocenters. The van der Waals surface area contributed by atoms with Crippen molar-refractivity contribution in [3.63, 3.8) is 0 Å². The molecule has 138 valence electrons. The van der Waals surface area contributed by atoms with Gasteiger partial charge < -0.3 is 24.8 Å². The summed E-state index contributed by atoms with van der Waals surface area (Å²) in [6.45, 7) is 2.18. The zero-order chi connectivity index (χ0) is 17.5. The standard InChI is InChI=1S/C19H29N3O3/c1-20-19(22-17-12-16-8-9-18(17)25-16)21-10-3-11-24-13-14-4-6-15(23-2)7-5-14/h4-7,16-18H,3,8-13H2,1-2H3,(H2,20,21,22). The average molecular weight is 347 g/mol. The van der Waals surface area contributed by atoms with Crippen LogP contribution in [0.4, 0.5) is 0 Å². The van der Waals surface area contributed by atoms with Gasteiger partial charge >= 0.3 is 0 Å². The monoisotopic (exact) mass is 347 g/mol. The Balaban J connectivity index is 1.27. The number of methoxy groups -OCH3 is 1. The molecular weight excluding hydrogens is 318 g/mol. The summed E-state index contributed by atoms with van der Waals surface area (Å²) < 4.78 is 16.7. The van der Waals surface area contributed by atoms with Gasteiger partial charge in [-0.3, -0.25) is 4.99 Å². The fourth-order valence-corrected chi connectivity index (χ4v) is 3.45. The Labute approximate surface area is 149 Å². The molecule has 1 aromatic carbocycles. The number of rotatable bonds is 8. The Bertz CT molecular complexity index is 562. The van der Waals surface area contributed by atoms with Crippen molar-refractivity contribution in [3.05, 3.63) is 29.8 Å². The fraction of sp³-hybridized carbons (Fsp3) is 0.632. The molecule has 2 heterocycles. The molecule has 0 amide bonds. The van der Waals surface area contributed by atoms with E-state index in [4.69, 9.17) is 14.2 Å². The van der Waals surface area contributed by atoms with Gasteiger partial charge in [0.25, 0.3) is 0 Å². The molecule has 2 aliphatic heterocycles. The van der Waals surface area contributed by atoms with Gasteiger partial charge in [-0.25, -0.2) is 0 Å². The van der Waals surface area contributed by atoms with Crippen LogP contribution in [0.3, 0.4) is 0 Å². The van der Waals surface area contributed by atoms with Crippen LogP contribution < -0.4 is 15.4 Å². The van der Waals surface area contributed by atoms with E-state index in [1.807, 2.05) is 31.3 Å². The first-order chi connectivity index (χ1) is 12.3. The maximum Gasteiger partial charge on any atom is 0.191 e. The number of nitrogens with one attached hydrogen (secondary N) is 2. The summed E-state index contributed by atoms with van der Waals surface area (Å²) in [4.78, 5) is 4.30. The van der Waals surface area contributed by atoms with E-state index in [1.165, 1.54) is 12.8 Å². The predicted octanol–water partition coefficient (Wildman–Crippen LogP) is 2.09. The number of guanidine groups is 1. The Morgan fingerprint density at radius 3 is 2.76 bits per heavy atom. The average Bonchev–Trinajstić information content (AvgIpc) is 3.27. The molecular formula is C19H29N3O3. The van der Waals surface area contributed by atoms with E-state index in [0.717, 1.165) is 36.7 Å². The quantitative estimate of drug-likeness (QED) is 0.428. The predicted molar refractivity (Wildman–Crippen MR) is 98.1 cm³/mol. The number of benzene rings is 1. The summed E-state index contributed by atoms with van der Waals surface area (Å²) in [6.07, 6.45) is 5.21. The van der Waals surface area contributed by atoms with E-state index in [2.05, 4.69) is 15.6 Å². The van der Waals surface area contributed by atoms with Gasteiger partial charge in [0.15, 0.2) is 5.96 Å². The second-order valence-electron chi connectivity index (χ2n) is 6.61. The topological polar surface area (TPSA) is 64.1 Å². The minimum atomic E-state index is 0.358. The Kier molecular flexibility index (Phi) is 6.53. The van der Waals surface area contributed by atoms with Crippen molar-refractivity contribution < 1.29 is 14.2 Å². The molecule has 2 bridgehead atoms. The van der Waals surface area contributed by atoms with E-state index in [0.29, 0.717) is 31.5 Å². The van der Waals surface area contributed by atoms with Crippen molar-refractivity contribution in [2.75, 3.05) is 27.3 Å². The number of fused-ring (bicyclic) bond motifs is 2. The molecule has 0 saturated carbocycles. The largest absolute Gasteiger partial charge is 0.497 e. The van der Waals surface area contributed by atoms with Crippen LogP contribution in [0.25, 0.3) is 0 Å². The first kappa shape index (κ1) is 18.0. The van der Waals surface area contributed by atoms with Gasteiger partial charge in [0, 0.05) is 20.2 Å². The summed E-state index contributed by atoms with van der Waals surface area (Å²) in [5.41, 5.74) is 1.16. The van der Waals surface area contributed by atoms with Gasteiger partial charge in [0.05, 0.1) is 32.0 Å². The molecule has 2 aliphatic rings. The number of ether oxygens (including phenoxy) is 3. The molecule has 6 heteroatoms. The zero-order valence-corrected chi connectivity index (χ0v) is 15.2. The first-order valence-corrected chi connectivity index (χ1v) is 9.12. The van der Waals surface area contributed by atoms with Crippen LogP contribution in [0.5, 0.6) is 5.75 Å². The lowest BCUT2D eigenvalue weighted by atomic mass is 9.96. The van der Waals surface area contributed by atoms with Crippen LogP contribution in [0, 0.1) is 0 Å². The molecule has 1 aromatic rings. The summed E-state index contributed by atoms with van der Waals surface area (Å²) in [6, 6.07) is 8.36. The van der Waals surface area contributed by atoms with Gasteiger partial charge in [-0.15, -0.1) is 0 Å². The summed E-state index contributed by atoms with van der Waals surface area (Å²) in [7, 11) is 3.48. The SMILES string of the molecule is CN=C(NCCCOCc1ccc(OC)cc1)NC1CC2CCC1O2. The van der Waals surface area contributed by atoms with Crippen molar-refractivity contribution in [1.82, 2.24) is 10.6 Å². The van der Waals surface area contributed by atoms with Gasteiger partial charge in [-0.05, 0) is 43.4 Å². The highest BCUT2D eigenvalue weighted by atomic mass is 16.5. The maximum atomic E-state index is 5.87. The van der Waals surface area contributed by atoms with Crippen LogP contribution in [0.1, 0.15) is 31.2 Å². The van der Waals surface area contributed by atoms with Crippen LogP contribution >= 0.6 is 0 Å².